The number of carbonyl (C=O) groups is 1. The van der Waals surface area contributed by atoms with E-state index in [0.717, 1.165) is 45.4 Å². The topological polar surface area (TPSA) is 41.6 Å². The van der Waals surface area contributed by atoms with Crippen molar-refractivity contribution in [1.29, 1.82) is 0 Å². The van der Waals surface area contributed by atoms with Crippen molar-refractivity contribution >= 4 is 5.91 Å². The second-order valence-electron chi connectivity index (χ2n) is 7.69. The van der Waals surface area contributed by atoms with Crippen LogP contribution in [0.25, 0.3) is 0 Å². The van der Waals surface area contributed by atoms with E-state index in [4.69, 9.17) is 4.74 Å². The second-order valence-corrected chi connectivity index (χ2v) is 7.69. The number of benzene rings is 1. The van der Waals surface area contributed by atoms with E-state index in [-0.39, 0.29) is 0 Å². The van der Waals surface area contributed by atoms with Gasteiger partial charge in [0.25, 0.3) is 0 Å². The van der Waals surface area contributed by atoms with Crippen LogP contribution >= 0.6 is 0 Å². The molecule has 0 bridgehead atoms. The van der Waals surface area contributed by atoms with Gasteiger partial charge in [-0.15, -0.1) is 0 Å². The number of hydrogen-bond acceptors (Lipinski definition) is 3. The summed E-state index contributed by atoms with van der Waals surface area (Å²) in [7, 11) is 0. The molecule has 1 aliphatic carbocycles. The van der Waals surface area contributed by atoms with Crippen LogP contribution in [0.4, 0.5) is 0 Å². The molecule has 3 fully saturated rings. The van der Waals surface area contributed by atoms with Gasteiger partial charge in [0.15, 0.2) is 0 Å². The molecule has 1 aromatic carbocycles. The van der Waals surface area contributed by atoms with Crippen LogP contribution in [0.5, 0.6) is 0 Å². The molecule has 24 heavy (non-hydrogen) atoms. The summed E-state index contributed by atoms with van der Waals surface area (Å²) in [6.45, 7) is 4.57. The van der Waals surface area contributed by atoms with E-state index in [2.05, 4.69) is 22.3 Å². The third-order valence-electron chi connectivity index (χ3n) is 6.17. The second kappa shape index (κ2) is 6.85. The Morgan fingerprint density at radius 1 is 1.17 bits per heavy atom. The molecule has 2 aliphatic heterocycles. The van der Waals surface area contributed by atoms with Crippen molar-refractivity contribution in [3.05, 3.63) is 35.9 Å². The Bertz CT molecular complexity index is 560. The van der Waals surface area contributed by atoms with Crippen LogP contribution in [0.15, 0.2) is 30.3 Å². The summed E-state index contributed by atoms with van der Waals surface area (Å²) in [6, 6.07) is 10.3. The Labute approximate surface area is 144 Å². The first-order valence-corrected chi connectivity index (χ1v) is 9.42. The molecule has 1 atom stereocenters. The molecule has 4 rings (SSSR count). The minimum Gasteiger partial charge on any atom is -0.373 e. The summed E-state index contributed by atoms with van der Waals surface area (Å²) >= 11 is 0. The molecule has 1 unspecified atom stereocenters. The van der Waals surface area contributed by atoms with Gasteiger partial charge in [-0.1, -0.05) is 30.3 Å². The number of likely N-dealkylation sites (tertiary alicyclic amines) is 1. The highest BCUT2D eigenvalue weighted by molar-refractivity contribution is 5.82. The Hall–Kier alpha value is -1.39. The molecule has 130 valence electrons. The van der Waals surface area contributed by atoms with Crippen molar-refractivity contribution in [1.82, 2.24) is 10.2 Å². The van der Waals surface area contributed by atoms with Crippen LogP contribution in [0.1, 0.15) is 37.7 Å². The number of amides is 1. The number of carbonyl (C=O) groups excluding carboxylic acids is 1. The van der Waals surface area contributed by atoms with E-state index in [9.17, 15) is 4.79 Å². The maximum atomic E-state index is 12.8. The maximum absolute atomic E-state index is 12.8. The van der Waals surface area contributed by atoms with Gasteiger partial charge in [-0.3, -0.25) is 4.79 Å². The number of nitrogens with zero attached hydrogens (tertiary/aromatic N) is 1. The lowest BCUT2D eigenvalue weighted by Gasteiger charge is -2.33. The molecule has 4 heteroatoms. The lowest BCUT2D eigenvalue weighted by molar-refractivity contribution is -0.136. The lowest BCUT2D eigenvalue weighted by Crippen LogP contribution is -2.43. The third-order valence-corrected chi connectivity index (χ3v) is 6.17. The zero-order valence-electron chi connectivity index (χ0n) is 14.4. The Morgan fingerprint density at radius 2 is 1.88 bits per heavy atom. The molecule has 3 aliphatic rings. The predicted octanol–water partition coefficient (Wildman–Crippen LogP) is 2.58. The van der Waals surface area contributed by atoms with Crippen LogP contribution in [0.3, 0.4) is 0 Å². The molecule has 4 nitrogen and oxygen atoms in total. The summed E-state index contributed by atoms with van der Waals surface area (Å²) in [6.07, 6.45) is 5.72. The van der Waals surface area contributed by atoms with Crippen molar-refractivity contribution in [3.63, 3.8) is 0 Å². The molecule has 2 heterocycles. The summed E-state index contributed by atoms with van der Waals surface area (Å²) in [5.74, 6) is 0.722. The average molecular weight is 328 g/mol. The summed E-state index contributed by atoms with van der Waals surface area (Å²) in [5.41, 5.74) is 1.57. The molecular weight excluding hydrogens is 300 g/mol. The zero-order chi connectivity index (χ0) is 16.4. The van der Waals surface area contributed by atoms with Gasteiger partial charge in [0.1, 0.15) is 0 Å². The molecule has 1 saturated carbocycles. The first-order valence-electron chi connectivity index (χ1n) is 9.42. The molecule has 0 aromatic heterocycles. The summed E-state index contributed by atoms with van der Waals surface area (Å²) in [5, 5.41) is 3.41. The fraction of sp³-hybridized carbons (Fsp3) is 0.650. The van der Waals surface area contributed by atoms with E-state index >= 15 is 0 Å². The number of rotatable bonds is 4. The highest BCUT2D eigenvalue weighted by Gasteiger charge is 2.58. The molecule has 1 N–H and O–H groups in total. The van der Waals surface area contributed by atoms with E-state index in [1.165, 1.54) is 18.4 Å². The van der Waals surface area contributed by atoms with Crippen LogP contribution < -0.4 is 5.32 Å². The number of nitrogens with one attached hydrogen (secondary N) is 1. The van der Waals surface area contributed by atoms with E-state index in [1.54, 1.807) is 0 Å². The lowest BCUT2D eigenvalue weighted by atomic mass is 9.91. The van der Waals surface area contributed by atoms with E-state index in [1.807, 2.05) is 18.2 Å². The Kier molecular flexibility index (Phi) is 4.59. The van der Waals surface area contributed by atoms with E-state index < -0.39 is 0 Å². The maximum Gasteiger partial charge on any atom is 0.226 e. The minimum atomic E-state index is 0.293. The predicted molar refractivity (Wildman–Crippen MR) is 93.5 cm³/mol. The monoisotopic (exact) mass is 328 g/mol. The standard InChI is InChI=1S/C20H28N2O2/c23-19(18-14-20(18)8-10-21-11-9-20)22-12-6-17(7-13-22)24-15-16-4-2-1-3-5-16/h1-5,17-18,21H,6-15H2. The average Bonchev–Trinajstić information content (AvgIpc) is 3.34. The van der Waals surface area contributed by atoms with Crippen molar-refractivity contribution in [2.75, 3.05) is 26.2 Å². The summed E-state index contributed by atoms with van der Waals surface area (Å²) in [4.78, 5) is 14.9. The van der Waals surface area contributed by atoms with Crippen LogP contribution in [0, 0.1) is 11.3 Å². The van der Waals surface area contributed by atoms with Crippen molar-refractivity contribution in [2.45, 2.75) is 44.8 Å². The van der Waals surface area contributed by atoms with Crippen molar-refractivity contribution in [2.24, 2.45) is 11.3 Å². The fourth-order valence-electron chi connectivity index (χ4n) is 4.43. The number of ether oxygens (including phenoxy) is 1. The molecule has 2 saturated heterocycles. The first kappa shape index (κ1) is 16.1. The quantitative estimate of drug-likeness (QED) is 0.924. The van der Waals surface area contributed by atoms with E-state index in [0.29, 0.717) is 30.0 Å². The third kappa shape index (κ3) is 3.35. The van der Waals surface area contributed by atoms with Crippen molar-refractivity contribution in [3.8, 4) is 0 Å². The molecule has 1 amide bonds. The van der Waals surface area contributed by atoms with Gasteiger partial charge in [-0.05, 0) is 56.2 Å². The first-order chi connectivity index (χ1) is 11.8. The largest absolute Gasteiger partial charge is 0.373 e. The normalized spacial score (nSPS) is 26.5. The van der Waals surface area contributed by atoms with Gasteiger partial charge in [0.05, 0.1) is 12.7 Å². The van der Waals surface area contributed by atoms with Gasteiger partial charge in [0, 0.05) is 19.0 Å². The van der Waals surface area contributed by atoms with Crippen LogP contribution in [-0.2, 0) is 16.1 Å². The molecule has 1 aromatic rings. The fourth-order valence-corrected chi connectivity index (χ4v) is 4.43. The van der Waals surface area contributed by atoms with Gasteiger partial charge >= 0.3 is 0 Å². The highest BCUT2D eigenvalue weighted by Crippen LogP contribution is 2.59. The highest BCUT2D eigenvalue weighted by atomic mass is 16.5. The van der Waals surface area contributed by atoms with Crippen LogP contribution in [-0.4, -0.2) is 43.1 Å². The Morgan fingerprint density at radius 3 is 2.58 bits per heavy atom. The summed E-state index contributed by atoms with van der Waals surface area (Å²) < 4.78 is 6.04. The zero-order valence-corrected chi connectivity index (χ0v) is 14.4. The smallest absolute Gasteiger partial charge is 0.226 e. The molecule has 1 spiro atoms. The SMILES string of the molecule is O=C(C1CC12CCNCC2)N1CCC(OCc2ccccc2)CC1. The number of hydrogen-bond donors (Lipinski definition) is 1. The van der Waals surface area contributed by atoms with Gasteiger partial charge < -0.3 is 15.0 Å². The number of piperidine rings is 2. The van der Waals surface area contributed by atoms with Crippen molar-refractivity contribution < 1.29 is 9.53 Å². The Balaban J connectivity index is 1.22. The van der Waals surface area contributed by atoms with Gasteiger partial charge in [0.2, 0.25) is 5.91 Å². The minimum absolute atomic E-state index is 0.293. The van der Waals surface area contributed by atoms with Crippen LogP contribution in [0.2, 0.25) is 0 Å². The molecule has 0 radical (unpaired) electrons. The molecular formula is C20H28N2O2. The van der Waals surface area contributed by atoms with Gasteiger partial charge in [-0.25, -0.2) is 0 Å². The van der Waals surface area contributed by atoms with Gasteiger partial charge in [-0.2, -0.15) is 0 Å².